The molecule has 346 valence electrons. The van der Waals surface area contributed by atoms with Gasteiger partial charge in [0.2, 0.25) is 5.91 Å². The molecule has 0 atom stereocenters. The molecule has 0 aliphatic rings. The van der Waals surface area contributed by atoms with Crippen LogP contribution in [-0.2, 0) is 4.79 Å². The molecule has 58 heavy (non-hydrogen) atoms. The van der Waals surface area contributed by atoms with Crippen molar-refractivity contribution in [1.29, 1.82) is 0 Å². The number of nitrogens with one attached hydrogen (secondary N) is 3. The number of nitrogens with two attached hydrogens (primary N) is 1. The lowest BCUT2D eigenvalue weighted by Gasteiger charge is -2.25. The molecule has 0 fully saturated rings. The number of unbranched alkanes of at least 4 members (excludes halogenated alkanes) is 31. The molecule has 0 radical (unpaired) electrons. The molecule has 0 saturated carbocycles. The van der Waals surface area contributed by atoms with Crippen molar-refractivity contribution >= 4 is 12.0 Å². The van der Waals surface area contributed by atoms with Crippen LogP contribution in [0.15, 0.2) is 0 Å². The maximum atomic E-state index is 13.1. The molecule has 0 saturated heterocycles. The molecule has 0 aromatic carbocycles. The van der Waals surface area contributed by atoms with Crippen LogP contribution >= 0.6 is 0 Å². The first-order chi connectivity index (χ1) is 28.6. The Bertz CT molecular complexity index is 798. The molecule has 0 aliphatic heterocycles. The van der Waals surface area contributed by atoms with E-state index in [4.69, 9.17) is 5.73 Å². The molecule has 2 amide bonds. The first-order valence-electron chi connectivity index (χ1n) is 25.7. The van der Waals surface area contributed by atoms with Crippen molar-refractivity contribution in [3.05, 3.63) is 0 Å². The lowest BCUT2D eigenvalue weighted by atomic mass is 10.0. The van der Waals surface area contributed by atoms with Gasteiger partial charge in [-0.1, -0.05) is 206 Å². The molecule has 0 aliphatic carbocycles. The number of hydrogen-bond donors (Lipinski definition) is 5. The number of imide groups is 1. The molecule has 9 nitrogen and oxygen atoms in total. The van der Waals surface area contributed by atoms with Gasteiger partial charge in [-0.3, -0.25) is 4.79 Å². The molecule has 0 spiro atoms. The Labute approximate surface area is 361 Å². The van der Waals surface area contributed by atoms with Gasteiger partial charge in [0.15, 0.2) is 0 Å². The summed E-state index contributed by atoms with van der Waals surface area (Å²) >= 11 is 0. The van der Waals surface area contributed by atoms with Crippen LogP contribution in [0.2, 0.25) is 0 Å². The van der Waals surface area contributed by atoms with Crippen LogP contribution in [0.3, 0.4) is 0 Å². The Kier molecular flexibility index (Phi) is 47.4. The molecule has 0 bridgehead atoms. The van der Waals surface area contributed by atoms with E-state index in [0.29, 0.717) is 13.0 Å². The third-order valence-corrected chi connectivity index (χ3v) is 11.8. The van der Waals surface area contributed by atoms with Gasteiger partial charge in [-0.15, -0.1) is 0 Å². The SMILES string of the molecule is CCCCCCCCCCCCCCCCCCN(CCCCCCCCCCCCCCCCCC)NCC(=O)N(CCCNCCCCNCCCN)C(=O)O. The fraction of sp³-hybridized carbons (Fsp3) is 0.959. The highest BCUT2D eigenvalue weighted by Gasteiger charge is 2.20. The summed E-state index contributed by atoms with van der Waals surface area (Å²) in [5.41, 5.74) is 8.88. The predicted octanol–water partition coefficient (Wildman–Crippen LogP) is 12.5. The molecular weight excluding hydrogens is 721 g/mol. The Balaban J connectivity index is 4.37. The zero-order valence-electron chi connectivity index (χ0n) is 39.1. The fourth-order valence-corrected chi connectivity index (χ4v) is 7.91. The minimum Gasteiger partial charge on any atom is -0.465 e. The van der Waals surface area contributed by atoms with Gasteiger partial charge in [0.25, 0.3) is 0 Å². The van der Waals surface area contributed by atoms with E-state index in [0.717, 1.165) is 76.3 Å². The first-order valence-corrected chi connectivity index (χ1v) is 25.7. The van der Waals surface area contributed by atoms with Gasteiger partial charge in [-0.2, -0.15) is 0 Å². The number of hydrogen-bond acceptors (Lipinski definition) is 7. The van der Waals surface area contributed by atoms with Gasteiger partial charge >= 0.3 is 6.09 Å². The van der Waals surface area contributed by atoms with Crippen LogP contribution in [0.1, 0.15) is 245 Å². The zero-order valence-corrected chi connectivity index (χ0v) is 39.1. The van der Waals surface area contributed by atoms with Crippen LogP contribution in [0, 0.1) is 0 Å². The highest BCUT2D eigenvalue weighted by Crippen LogP contribution is 2.16. The van der Waals surface area contributed by atoms with Gasteiger partial charge in [0.05, 0.1) is 6.54 Å². The van der Waals surface area contributed by atoms with Gasteiger partial charge < -0.3 is 21.5 Å². The second kappa shape index (κ2) is 48.4. The highest BCUT2D eigenvalue weighted by molar-refractivity contribution is 5.92. The Morgan fingerprint density at radius 2 is 0.724 bits per heavy atom. The second-order valence-electron chi connectivity index (χ2n) is 17.5. The van der Waals surface area contributed by atoms with E-state index >= 15 is 0 Å². The summed E-state index contributed by atoms with van der Waals surface area (Å²) in [5, 5.41) is 18.8. The largest absolute Gasteiger partial charge is 0.465 e. The van der Waals surface area contributed by atoms with Crippen molar-refractivity contribution < 1.29 is 14.7 Å². The third-order valence-electron chi connectivity index (χ3n) is 11.8. The first kappa shape index (κ1) is 56.7. The van der Waals surface area contributed by atoms with E-state index in [1.807, 2.05) is 0 Å². The third kappa shape index (κ3) is 42.8. The average molecular weight is 823 g/mol. The second-order valence-corrected chi connectivity index (χ2v) is 17.5. The Morgan fingerprint density at radius 3 is 1.05 bits per heavy atom. The monoisotopic (exact) mass is 823 g/mol. The number of amides is 2. The van der Waals surface area contributed by atoms with Crippen molar-refractivity contribution in [3.8, 4) is 0 Å². The van der Waals surface area contributed by atoms with Crippen LogP contribution < -0.4 is 21.8 Å². The summed E-state index contributed by atoms with van der Waals surface area (Å²) in [6.07, 6.45) is 46.0. The number of carboxylic acid groups (broad SMARTS) is 1. The van der Waals surface area contributed by atoms with Crippen molar-refractivity contribution in [2.45, 2.75) is 245 Å². The molecule has 0 unspecified atom stereocenters. The highest BCUT2D eigenvalue weighted by atomic mass is 16.4. The minimum absolute atomic E-state index is 0.0363. The van der Waals surface area contributed by atoms with Gasteiger partial charge in [-0.25, -0.2) is 20.1 Å². The number of carbonyl (C=O) groups excluding carboxylic acids is 1. The predicted molar refractivity (Wildman–Crippen MR) is 252 cm³/mol. The van der Waals surface area contributed by atoms with Crippen LogP contribution in [0.5, 0.6) is 0 Å². The lowest BCUT2D eigenvalue weighted by Crippen LogP contribution is -2.48. The Hall–Kier alpha value is -1.26. The summed E-state index contributed by atoms with van der Waals surface area (Å²) in [4.78, 5) is 26.1. The number of hydrazine groups is 1. The molecule has 0 aromatic heterocycles. The topological polar surface area (TPSA) is 123 Å². The fourth-order valence-electron chi connectivity index (χ4n) is 7.91. The van der Waals surface area contributed by atoms with Gasteiger partial charge in [-0.05, 0) is 71.2 Å². The van der Waals surface area contributed by atoms with E-state index in [1.54, 1.807) is 0 Å². The maximum Gasteiger partial charge on any atom is 0.414 e. The summed E-state index contributed by atoms with van der Waals surface area (Å²) in [7, 11) is 0. The summed E-state index contributed by atoms with van der Waals surface area (Å²) in [6.45, 7) is 10.9. The summed E-state index contributed by atoms with van der Waals surface area (Å²) in [6, 6.07) is 0. The minimum atomic E-state index is -1.16. The van der Waals surface area contributed by atoms with Gasteiger partial charge in [0.1, 0.15) is 0 Å². The Morgan fingerprint density at radius 1 is 0.414 bits per heavy atom. The number of carbonyl (C=O) groups is 2. The van der Waals surface area contributed by atoms with Crippen molar-refractivity contribution in [1.82, 2.24) is 26.0 Å². The van der Waals surface area contributed by atoms with E-state index in [1.165, 1.54) is 193 Å². The zero-order chi connectivity index (χ0) is 42.3. The molecule has 0 rings (SSSR count). The maximum absolute atomic E-state index is 13.1. The van der Waals surface area contributed by atoms with E-state index in [9.17, 15) is 14.7 Å². The quantitative estimate of drug-likeness (QED) is 0.0304. The van der Waals surface area contributed by atoms with E-state index in [-0.39, 0.29) is 19.0 Å². The number of rotatable bonds is 49. The smallest absolute Gasteiger partial charge is 0.414 e. The van der Waals surface area contributed by atoms with E-state index < -0.39 is 6.09 Å². The van der Waals surface area contributed by atoms with Gasteiger partial charge in [0, 0.05) is 19.6 Å². The summed E-state index contributed by atoms with van der Waals surface area (Å²) in [5.74, 6) is -0.361. The van der Waals surface area contributed by atoms with Crippen molar-refractivity contribution in [2.75, 3.05) is 58.9 Å². The van der Waals surface area contributed by atoms with Crippen LogP contribution in [0.25, 0.3) is 0 Å². The van der Waals surface area contributed by atoms with Crippen molar-refractivity contribution in [2.24, 2.45) is 5.73 Å². The van der Waals surface area contributed by atoms with Crippen LogP contribution in [-0.4, -0.2) is 85.9 Å². The standard InChI is InChI=1S/C49H102N6O3/c1-3-5-7-9-11-13-15-17-19-21-23-25-27-29-31-35-44-54(45-36-32-30-28-26-24-22-20-18-16-14-12-10-8-6-4-2)53-47-48(56)55(49(57)58)46-38-43-52-41-34-33-40-51-42-37-39-50/h51-53H,3-47,50H2,1-2H3,(H,57,58). The summed E-state index contributed by atoms with van der Waals surface area (Å²) < 4.78 is 0. The number of nitrogens with zero attached hydrogens (tertiary/aromatic N) is 2. The molecule has 0 aromatic rings. The molecule has 6 N–H and O–H groups in total. The molecular formula is C49H102N6O3. The average Bonchev–Trinajstić information content (AvgIpc) is 3.22. The molecule has 9 heteroatoms. The normalized spacial score (nSPS) is 11.6. The van der Waals surface area contributed by atoms with Crippen molar-refractivity contribution in [3.63, 3.8) is 0 Å². The molecule has 0 heterocycles. The van der Waals surface area contributed by atoms with E-state index in [2.05, 4.69) is 34.9 Å². The lowest BCUT2D eigenvalue weighted by molar-refractivity contribution is -0.129. The van der Waals surface area contributed by atoms with Crippen LogP contribution in [0.4, 0.5) is 4.79 Å².